The van der Waals surface area contributed by atoms with Crippen molar-refractivity contribution in [2.24, 2.45) is 0 Å². The minimum atomic E-state index is 0.247. The molecule has 2 nitrogen and oxygen atoms in total. The Kier molecular flexibility index (Phi) is 4.91. The summed E-state index contributed by atoms with van der Waals surface area (Å²) in [6, 6.07) is 17.6. The van der Waals surface area contributed by atoms with Gasteiger partial charge >= 0.3 is 0 Å². The van der Waals surface area contributed by atoms with Crippen molar-refractivity contribution in [3.05, 3.63) is 70.8 Å². The molecule has 1 saturated heterocycles. The van der Waals surface area contributed by atoms with Gasteiger partial charge in [0, 0.05) is 0 Å². The molecule has 1 aliphatic rings. The average molecular weight is 295 g/mol. The molecule has 1 aliphatic heterocycles. The molecular weight excluding hydrogens is 270 g/mol. The zero-order valence-corrected chi connectivity index (χ0v) is 13.5. The molecule has 0 aromatic heterocycles. The predicted octanol–water partition coefficient (Wildman–Crippen LogP) is 4.31. The number of hydrogen-bond acceptors (Lipinski definition) is 2. The van der Waals surface area contributed by atoms with E-state index in [1.54, 1.807) is 0 Å². The summed E-state index contributed by atoms with van der Waals surface area (Å²) in [6.45, 7) is 6.05. The first kappa shape index (κ1) is 15.3. The van der Waals surface area contributed by atoms with Crippen molar-refractivity contribution in [2.45, 2.75) is 45.4 Å². The molecule has 0 radical (unpaired) electrons. The van der Waals surface area contributed by atoms with Crippen LogP contribution >= 0.6 is 0 Å². The zero-order chi connectivity index (χ0) is 15.4. The van der Waals surface area contributed by atoms with E-state index in [1.807, 2.05) is 0 Å². The van der Waals surface area contributed by atoms with Crippen molar-refractivity contribution in [3.8, 4) is 0 Å². The molecular formula is C20H25NO. The number of hydrogen-bond donors (Lipinski definition) is 1. The second-order valence-electron chi connectivity index (χ2n) is 6.33. The van der Waals surface area contributed by atoms with Gasteiger partial charge in [-0.15, -0.1) is 0 Å². The fourth-order valence-corrected chi connectivity index (χ4v) is 3.39. The Hall–Kier alpha value is -1.64. The van der Waals surface area contributed by atoms with Crippen molar-refractivity contribution in [1.29, 1.82) is 0 Å². The first-order chi connectivity index (χ1) is 10.7. The maximum atomic E-state index is 6.28. The monoisotopic (exact) mass is 295 g/mol. The van der Waals surface area contributed by atoms with Crippen LogP contribution in [0.4, 0.5) is 0 Å². The van der Waals surface area contributed by atoms with Gasteiger partial charge in [-0.05, 0) is 44.4 Å². The number of ether oxygens (including phenoxy) is 1. The largest absolute Gasteiger partial charge is 0.372 e. The van der Waals surface area contributed by atoms with Crippen molar-refractivity contribution >= 4 is 0 Å². The molecule has 0 aliphatic carbocycles. The highest BCUT2D eigenvalue weighted by Crippen LogP contribution is 2.27. The Morgan fingerprint density at radius 3 is 2.50 bits per heavy atom. The normalized spacial score (nSPS) is 21.7. The maximum Gasteiger partial charge on any atom is 0.0774 e. The van der Waals surface area contributed by atoms with Gasteiger partial charge in [-0.3, -0.25) is 0 Å². The predicted molar refractivity (Wildman–Crippen MR) is 90.9 cm³/mol. The van der Waals surface area contributed by atoms with Crippen LogP contribution in [0, 0.1) is 13.8 Å². The van der Waals surface area contributed by atoms with E-state index in [-0.39, 0.29) is 6.10 Å². The second kappa shape index (κ2) is 7.08. The van der Waals surface area contributed by atoms with Gasteiger partial charge in [-0.2, -0.15) is 0 Å². The first-order valence-electron chi connectivity index (χ1n) is 8.19. The summed E-state index contributed by atoms with van der Waals surface area (Å²) in [6.07, 6.45) is 2.55. The lowest BCUT2D eigenvalue weighted by Gasteiger charge is -2.33. The summed E-state index contributed by atoms with van der Waals surface area (Å²) in [5.41, 5.74) is 5.21. The fourth-order valence-electron chi connectivity index (χ4n) is 3.39. The Labute approximate surface area is 133 Å². The quantitative estimate of drug-likeness (QED) is 0.907. The molecule has 0 bridgehead atoms. The summed E-state index contributed by atoms with van der Waals surface area (Å²) in [4.78, 5) is 0. The van der Waals surface area contributed by atoms with Crippen molar-refractivity contribution in [2.75, 3.05) is 6.54 Å². The summed E-state index contributed by atoms with van der Waals surface area (Å²) in [5, 5.41) is 3.62. The molecule has 2 aromatic rings. The van der Waals surface area contributed by atoms with Crippen LogP contribution in [0.3, 0.4) is 0 Å². The van der Waals surface area contributed by atoms with E-state index < -0.39 is 0 Å². The Balaban J connectivity index is 1.69. The minimum Gasteiger partial charge on any atom is -0.372 e. The maximum absolute atomic E-state index is 6.28. The fraction of sp³-hybridized carbons (Fsp3) is 0.400. The Morgan fingerprint density at radius 2 is 1.77 bits per heavy atom. The van der Waals surface area contributed by atoms with E-state index in [2.05, 4.69) is 67.7 Å². The number of nitrogens with one attached hydrogen (secondary N) is 1. The number of aryl methyl sites for hydroxylation is 2. The van der Waals surface area contributed by atoms with Crippen LogP contribution in [0.15, 0.2) is 48.5 Å². The van der Waals surface area contributed by atoms with Crippen LogP contribution in [0.5, 0.6) is 0 Å². The smallest absolute Gasteiger partial charge is 0.0774 e. The third kappa shape index (κ3) is 3.76. The van der Waals surface area contributed by atoms with Gasteiger partial charge in [0.1, 0.15) is 0 Å². The molecule has 1 N–H and O–H groups in total. The first-order valence-corrected chi connectivity index (χ1v) is 8.19. The lowest BCUT2D eigenvalue weighted by Crippen LogP contribution is -2.39. The van der Waals surface area contributed by atoms with Gasteiger partial charge in [0.25, 0.3) is 0 Å². The molecule has 116 valence electrons. The average Bonchev–Trinajstić information content (AvgIpc) is 2.53. The van der Waals surface area contributed by atoms with E-state index >= 15 is 0 Å². The van der Waals surface area contributed by atoms with E-state index in [0.29, 0.717) is 12.6 Å². The second-order valence-corrected chi connectivity index (χ2v) is 6.33. The molecule has 2 atom stereocenters. The van der Waals surface area contributed by atoms with Crippen LogP contribution in [-0.4, -0.2) is 12.6 Å². The van der Waals surface area contributed by atoms with E-state index in [0.717, 1.165) is 13.0 Å². The van der Waals surface area contributed by atoms with Crippen LogP contribution in [0.1, 0.15) is 41.1 Å². The lowest BCUT2D eigenvalue weighted by atomic mass is 9.94. The van der Waals surface area contributed by atoms with Crippen LogP contribution < -0.4 is 5.32 Å². The summed E-state index contributed by atoms with van der Waals surface area (Å²) in [5.74, 6) is 0. The minimum absolute atomic E-state index is 0.247. The summed E-state index contributed by atoms with van der Waals surface area (Å²) < 4.78 is 6.28. The Bertz CT molecular complexity index is 588. The molecule has 3 rings (SSSR count). The van der Waals surface area contributed by atoms with Crippen molar-refractivity contribution in [3.63, 3.8) is 0 Å². The molecule has 1 fully saturated rings. The standard InChI is InChI=1S/C20H25NO/c1-15-11-16(2)13-17(12-15)14-22-19-9-6-10-21-20(19)18-7-4-3-5-8-18/h3-5,7-8,11-13,19-21H,6,9-10,14H2,1-2H3. The van der Waals surface area contributed by atoms with E-state index in [9.17, 15) is 0 Å². The zero-order valence-electron chi connectivity index (χ0n) is 13.5. The van der Waals surface area contributed by atoms with Gasteiger partial charge in [0.15, 0.2) is 0 Å². The number of benzene rings is 2. The highest BCUT2D eigenvalue weighted by atomic mass is 16.5. The molecule has 22 heavy (non-hydrogen) atoms. The van der Waals surface area contributed by atoms with Crippen molar-refractivity contribution < 1.29 is 4.74 Å². The molecule has 1 heterocycles. The lowest BCUT2D eigenvalue weighted by molar-refractivity contribution is -0.00360. The third-order valence-corrected chi connectivity index (χ3v) is 4.31. The number of rotatable bonds is 4. The molecule has 2 unspecified atom stereocenters. The molecule has 2 aromatic carbocycles. The van der Waals surface area contributed by atoms with Gasteiger partial charge in [-0.1, -0.05) is 59.7 Å². The Morgan fingerprint density at radius 1 is 1.05 bits per heavy atom. The van der Waals surface area contributed by atoms with Crippen LogP contribution in [0.2, 0.25) is 0 Å². The summed E-state index contributed by atoms with van der Waals surface area (Å²) >= 11 is 0. The van der Waals surface area contributed by atoms with Gasteiger partial charge < -0.3 is 10.1 Å². The van der Waals surface area contributed by atoms with Gasteiger partial charge in [-0.25, -0.2) is 0 Å². The van der Waals surface area contributed by atoms with Crippen LogP contribution in [-0.2, 0) is 11.3 Å². The van der Waals surface area contributed by atoms with Gasteiger partial charge in [0.2, 0.25) is 0 Å². The topological polar surface area (TPSA) is 21.3 Å². The van der Waals surface area contributed by atoms with Crippen molar-refractivity contribution in [1.82, 2.24) is 5.32 Å². The summed E-state index contributed by atoms with van der Waals surface area (Å²) in [7, 11) is 0. The highest BCUT2D eigenvalue weighted by molar-refractivity contribution is 5.28. The molecule has 0 amide bonds. The molecule has 0 saturated carbocycles. The SMILES string of the molecule is Cc1cc(C)cc(COC2CCCNC2c2ccccc2)c1. The van der Waals surface area contributed by atoms with E-state index in [1.165, 1.54) is 28.7 Å². The highest BCUT2D eigenvalue weighted by Gasteiger charge is 2.26. The van der Waals surface area contributed by atoms with Crippen LogP contribution in [0.25, 0.3) is 0 Å². The molecule has 0 spiro atoms. The van der Waals surface area contributed by atoms with Gasteiger partial charge in [0.05, 0.1) is 18.8 Å². The molecule has 2 heteroatoms. The third-order valence-electron chi connectivity index (χ3n) is 4.31. The number of piperidine rings is 1. The van der Waals surface area contributed by atoms with E-state index in [4.69, 9.17) is 4.74 Å².